The van der Waals surface area contributed by atoms with Crippen LogP contribution in [0.15, 0.2) is 27.8 Å². The minimum absolute atomic E-state index is 0.379. The van der Waals surface area contributed by atoms with Crippen LogP contribution < -0.4 is 5.32 Å². The maximum absolute atomic E-state index is 5.27. The fraction of sp³-hybridized carbons (Fsp3) is 0.615. The van der Waals surface area contributed by atoms with Crippen molar-refractivity contribution < 1.29 is 4.42 Å². The second-order valence-electron chi connectivity index (χ2n) is 5.58. The lowest BCUT2D eigenvalue weighted by molar-refractivity contribution is 0.375. The van der Waals surface area contributed by atoms with Gasteiger partial charge in [0.1, 0.15) is 5.76 Å². The van der Waals surface area contributed by atoms with Crippen molar-refractivity contribution in [2.75, 3.05) is 6.54 Å². The number of aliphatic imine (C=N–C) groups is 1. The SMILES string of the molecule is CC(C)(C)CC1CN=C(NCc2ccco2)S1. The smallest absolute Gasteiger partial charge is 0.157 e. The molecule has 0 amide bonds. The van der Waals surface area contributed by atoms with Crippen LogP contribution in [0.25, 0.3) is 0 Å². The molecule has 1 aromatic heterocycles. The Morgan fingerprint density at radius 1 is 1.53 bits per heavy atom. The van der Waals surface area contributed by atoms with E-state index in [4.69, 9.17) is 4.42 Å². The topological polar surface area (TPSA) is 37.5 Å². The zero-order valence-electron chi connectivity index (χ0n) is 10.7. The third-order valence-corrected chi connectivity index (χ3v) is 3.70. The number of amidine groups is 1. The summed E-state index contributed by atoms with van der Waals surface area (Å²) in [5.74, 6) is 0.951. The molecule has 0 fully saturated rings. The summed E-state index contributed by atoms with van der Waals surface area (Å²) >= 11 is 1.86. The molecule has 0 radical (unpaired) electrons. The van der Waals surface area contributed by atoms with Gasteiger partial charge >= 0.3 is 0 Å². The largest absolute Gasteiger partial charge is 0.467 e. The first-order chi connectivity index (χ1) is 8.03. The molecule has 3 nitrogen and oxygen atoms in total. The molecule has 1 unspecified atom stereocenters. The number of thioether (sulfide) groups is 1. The molecule has 1 N–H and O–H groups in total. The van der Waals surface area contributed by atoms with Crippen LogP contribution >= 0.6 is 11.8 Å². The van der Waals surface area contributed by atoms with Gasteiger partial charge in [0.15, 0.2) is 5.17 Å². The first-order valence-electron chi connectivity index (χ1n) is 6.00. The van der Waals surface area contributed by atoms with Gasteiger partial charge in [-0.25, -0.2) is 0 Å². The summed E-state index contributed by atoms with van der Waals surface area (Å²) in [6.45, 7) is 8.50. The normalized spacial score (nSPS) is 20.4. The van der Waals surface area contributed by atoms with E-state index in [1.165, 1.54) is 6.42 Å². The summed E-state index contributed by atoms with van der Waals surface area (Å²) in [4.78, 5) is 4.53. The van der Waals surface area contributed by atoms with Gasteiger partial charge in [-0.3, -0.25) is 4.99 Å². The number of hydrogen-bond acceptors (Lipinski definition) is 4. The quantitative estimate of drug-likeness (QED) is 0.897. The summed E-state index contributed by atoms with van der Waals surface area (Å²) in [6, 6.07) is 3.88. The van der Waals surface area contributed by atoms with Gasteiger partial charge in [-0.2, -0.15) is 0 Å². The van der Waals surface area contributed by atoms with Crippen LogP contribution in [0, 0.1) is 5.41 Å². The molecule has 1 aliphatic heterocycles. The lowest BCUT2D eigenvalue weighted by Crippen LogP contribution is -2.20. The number of rotatable bonds is 3. The Morgan fingerprint density at radius 3 is 3.00 bits per heavy atom. The number of nitrogens with zero attached hydrogens (tertiary/aromatic N) is 1. The highest BCUT2D eigenvalue weighted by Crippen LogP contribution is 2.31. The molecule has 0 saturated heterocycles. The Kier molecular flexibility index (Phi) is 3.82. The van der Waals surface area contributed by atoms with Gasteiger partial charge < -0.3 is 9.73 Å². The van der Waals surface area contributed by atoms with Gasteiger partial charge in [-0.1, -0.05) is 32.5 Å². The first kappa shape index (κ1) is 12.6. The lowest BCUT2D eigenvalue weighted by Gasteiger charge is -2.21. The molecular weight excluding hydrogens is 232 g/mol. The van der Waals surface area contributed by atoms with E-state index in [-0.39, 0.29) is 0 Å². The highest BCUT2D eigenvalue weighted by atomic mass is 32.2. The Labute approximate surface area is 107 Å². The molecule has 4 heteroatoms. The number of furan rings is 1. The van der Waals surface area contributed by atoms with Crippen molar-refractivity contribution in [2.24, 2.45) is 10.4 Å². The van der Waals surface area contributed by atoms with E-state index >= 15 is 0 Å². The van der Waals surface area contributed by atoms with Gasteiger partial charge in [0.05, 0.1) is 19.4 Å². The Hall–Kier alpha value is -0.900. The standard InChI is InChI=1S/C13H20N2OS/c1-13(2,3)7-11-9-15-12(17-11)14-8-10-5-4-6-16-10/h4-6,11H,7-9H2,1-3H3,(H,14,15). The highest BCUT2D eigenvalue weighted by Gasteiger charge is 2.24. The van der Waals surface area contributed by atoms with Gasteiger partial charge in [0, 0.05) is 5.25 Å². The van der Waals surface area contributed by atoms with Crippen molar-refractivity contribution in [1.29, 1.82) is 0 Å². The van der Waals surface area contributed by atoms with Crippen LogP contribution in [0.5, 0.6) is 0 Å². The van der Waals surface area contributed by atoms with Crippen molar-refractivity contribution in [3.05, 3.63) is 24.2 Å². The Morgan fingerprint density at radius 2 is 2.35 bits per heavy atom. The van der Waals surface area contributed by atoms with E-state index in [9.17, 15) is 0 Å². The van der Waals surface area contributed by atoms with Crippen molar-refractivity contribution in [2.45, 2.75) is 39.0 Å². The summed E-state index contributed by atoms with van der Waals surface area (Å²) < 4.78 is 5.27. The molecular formula is C13H20N2OS. The van der Waals surface area contributed by atoms with Crippen molar-refractivity contribution in [3.8, 4) is 0 Å². The van der Waals surface area contributed by atoms with Crippen LogP contribution in [-0.4, -0.2) is 17.0 Å². The number of hydrogen-bond donors (Lipinski definition) is 1. The van der Waals surface area contributed by atoms with Gasteiger partial charge in [0.2, 0.25) is 0 Å². The van der Waals surface area contributed by atoms with E-state index in [1.807, 2.05) is 23.9 Å². The molecule has 17 heavy (non-hydrogen) atoms. The predicted molar refractivity (Wildman–Crippen MR) is 73.3 cm³/mol. The molecule has 0 aliphatic carbocycles. The predicted octanol–water partition coefficient (Wildman–Crippen LogP) is 3.28. The van der Waals surface area contributed by atoms with Crippen LogP contribution in [0.3, 0.4) is 0 Å². The Bertz CT molecular complexity index is 379. The molecule has 1 aromatic rings. The highest BCUT2D eigenvalue weighted by molar-refractivity contribution is 8.14. The van der Waals surface area contributed by atoms with E-state index in [1.54, 1.807) is 6.26 Å². The van der Waals surface area contributed by atoms with E-state index in [0.717, 1.165) is 24.0 Å². The van der Waals surface area contributed by atoms with E-state index in [0.29, 0.717) is 10.7 Å². The molecule has 0 aromatic carbocycles. The third kappa shape index (κ3) is 4.11. The summed E-state index contributed by atoms with van der Waals surface area (Å²) in [5.41, 5.74) is 0.379. The monoisotopic (exact) mass is 252 g/mol. The maximum Gasteiger partial charge on any atom is 0.157 e. The Balaban J connectivity index is 1.74. The average Bonchev–Trinajstić information content (AvgIpc) is 2.82. The number of nitrogens with one attached hydrogen (secondary N) is 1. The molecule has 0 spiro atoms. The summed E-state index contributed by atoms with van der Waals surface area (Å²) in [5, 5.41) is 4.99. The second-order valence-corrected chi connectivity index (χ2v) is 6.87. The second kappa shape index (κ2) is 5.17. The molecule has 1 aliphatic rings. The van der Waals surface area contributed by atoms with Crippen LogP contribution in [-0.2, 0) is 6.54 Å². The minimum atomic E-state index is 0.379. The summed E-state index contributed by atoms with van der Waals surface area (Å²) in [6.07, 6.45) is 2.90. The third-order valence-electron chi connectivity index (χ3n) is 2.55. The molecule has 2 rings (SSSR count). The minimum Gasteiger partial charge on any atom is -0.467 e. The van der Waals surface area contributed by atoms with Crippen LogP contribution in [0.1, 0.15) is 33.0 Å². The van der Waals surface area contributed by atoms with Crippen LogP contribution in [0.2, 0.25) is 0 Å². The van der Waals surface area contributed by atoms with Gasteiger partial charge in [0.25, 0.3) is 0 Å². The van der Waals surface area contributed by atoms with Crippen molar-refractivity contribution in [3.63, 3.8) is 0 Å². The molecule has 94 valence electrons. The zero-order chi connectivity index (χ0) is 12.3. The fourth-order valence-electron chi connectivity index (χ4n) is 1.88. The van der Waals surface area contributed by atoms with Crippen molar-refractivity contribution in [1.82, 2.24) is 5.32 Å². The van der Waals surface area contributed by atoms with Gasteiger partial charge in [-0.05, 0) is 24.0 Å². The van der Waals surface area contributed by atoms with Gasteiger partial charge in [-0.15, -0.1) is 0 Å². The van der Waals surface area contributed by atoms with Crippen LogP contribution in [0.4, 0.5) is 0 Å². The first-order valence-corrected chi connectivity index (χ1v) is 6.88. The zero-order valence-corrected chi connectivity index (χ0v) is 11.5. The molecule has 0 bridgehead atoms. The molecule has 1 atom stereocenters. The van der Waals surface area contributed by atoms with E-state index < -0.39 is 0 Å². The average molecular weight is 252 g/mol. The summed E-state index contributed by atoms with van der Waals surface area (Å²) in [7, 11) is 0. The fourth-order valence-corrected chi connectivity index (χ4v) is 3.23. The molecule has 0 saturated carbocycles. The van der Waals surface area contributed by atoms with Crippen molar-refractivity contribution >= 4 is 16.9 Å². The molecule has 2 heterocycles. The maximum atomic E-state index is 5.27. The lowest BCUT2D eigenvalue weighted by atomic mass is 9.90. The van der Waals surface area contributed by atoms with E-state index in [2.05, 4.69) is 31.1 Å².